The van der Waals surface area contributed by atoms with Crippen LogP contribution in [0.1, 0.15) is 88.6 Å². The molecule has 4 aromatic heterocycles. The predicted molar refractivity (Wildman–Crippen MR) is 236 cm³/mol. The van der Waals surface area contributed by atoms with Crippen molar-refractivity contribution in [3.8, 4) is 22.9 Å². The highest BCUT2D eigenvalue weighted by Gasteiger charge is 2.42. The molecule has 2 spiro atoms. The monoisotopic (exact) mass is 920 g/mol. The van der Waals surface area contributed by atoms with Gasteiger partial charge in [-0.1, -0.05) is 54.9 Å². The van der Waals surface area contributed by atoms with Crippen molar-refractivity contribution in [2.45, 2.75) is 99.6 Å². The molecule has 8 heterocycles. The van der Waals surface area contributed by atoms with Crippen LogP contribution >= 0.6 is 15.9 Å². The third-order valence-electron chi connectivity index (χ3n) is 12.0. The summed E-state index contributed by atoms with van der Waals surface area (Å²) in [5, 5.41) is 9.40. The maximum absolute atomic E-state index is 15.1. The van der Waals surface area contributed by atoms with Crippen LogP contribution in [-0.4, -0.2) is 94.4 Å². The van der Waals surface area contributed by atoms with E-state index in [1.165, 1.54) is 6.07 Å². The van der Waals surface area contributed by atoms with Crippen LogP contribution in [0.25, 0.3) is 44.7 Å². The van der Waals surface area contributed by atoms with Crippen LogP contribution in [0.15, 0.2) is 37.8 Å². The molecule has 0 N–H and O–H groups in total. The fourth-order valence-corrected chi connectivity index (χ4v) is 9.13. The third-order valence-corrected chi connectivity index (χ3v) is 12.4. The Morgan fingerprint density at radius 1 is 0.597 bits per heavy atom. The van der Waals surface area contributed by atoms with Gasteiger partial charge in [0.15, 0.2) is 29.0 Å². The minimum atomic E-state index is -0.500. The Balaban J connectivity index is 0.000000181. The number of piperidine rings is 2. The van der Waals surface area contributed by atoms with Gasteiger partial charge in [-0.2, -0.15) is 9.97 Å². The second-order valence-electron chi connectivity index (χ2n) is 16.2. The molecule has 2 aromatic carbocycles. The molecule has 0 aliphatic carbocycles. The van der Waals surface area contributed by atoms with E-state index in [9.17, 15) is 4.39 Å². The minimum Gasteiger partial charge on any atom is -0.356 e. The second-order valence-corrected chi connectivity index (χ2v) is 17.1. The molecule has 62 heavy (non-hydrogen) atoms. The van der Waals surface area contributed by atoms with Crippen LogP contribution in [0, 0.1) is 39.3 Å². The maximum atomic E-state index is 15.1. The van der Waals surface area contributed by atoms with Gasteiger partial charge in [-0.15, -0.1) is 0 Å². The van der Waals surface area contributed by atoms with Gasteiger partial charge in [0.1, 0.15) is 28.5 Å². The summed E-state index contributed by atoms with van der Waals surface area (Å²) in [6.07, 6.45) is 2.89. The minimum absolute atomic E-state index is 0. The molecule has 0 saturated carbocycles. The molecular weight excluding hydrogens is 866 g/mol. The Kier molecular flexibility index (Phi) is 13.0. The Morgan fingerprint density at radius 2 is 1.00 bits per heavy atom. The summed E-state index contributed by atoms with van der Waals surface area (Å²) in [5.41, 5.74) is 4.87. The first kappa shape index (κ1) is 45.3. The largest absolute Gasteiger partial charge is 0.356 e. The van der Waals surface area contributed by atoms with Crippen molar-refractivity contribution < 1.29 is 36.8 Å². The summed E-state index contributed by atoms with van der Waals surface area (Å²) in [7, 11) is 0. The van der Waals surface area contributed by atoms with Crippen molar-refractivity contribution in [2.24, 2.45) is 0 Å². The van der Waals surface area contributed by atoms with E-state index >= 15 is 4.39 Å². The molecule has 0 unspecified atom stereocenters. The molecule has 17 heteroatoms. The van der Waals surface area contributed by atoms with Gasteiger partial charge in [-0.05, 0) is 74.6 Å². The van der Waals surface area contributed by atoms with Crippen molar-refractivity contribution >= 4 is 49.4 Å². The summed E-state index contributed by atoms with van der Waals surface area (Å²) >= 11 is 3.37. The van der Waals surface area contributed by atoms with Crippen molar-refractivity contribution in [2.75, 3.05) is 62.4 Å². The number of aromatic nitrogens is 6. The molecule has 4 saturated heterocycles. The van der Waals surface area contributed by atoms with E-state index < -0.39 is 11.6 Å². The van der Waals surface area contributed by atoms with Gasteiger partial charge < -0.3 is 37.8 Å². The highest BCUT2D eigenvalue weighted by atomic mass is 79.9. The third kappa shape index (κ3) is 8.41. The van der Waals surface area contributed by atoms with Crippen LogP contribution in [0.4, 0.5) is 20.4 Å². The molecular formula is C45H55BrF2N8O6. The van der Waals surface area contributed by atoms with E-state index in [1.807, 2.05) is 26.0 Å². The number of fused-ring (bicyclic) bond motifs is 2. The van der Waals surface area contributed by atoms with E-state index in [4.69, 9.17) is 38.0 Å². The Labute approximate surface area is 368 Å². The van der Waals surface area contributed by atoms with Crippen molar-refractivity contribution in [3.63, 3.8) is 0 Å². The summed E-state index contributed by atoms with van der Waals surface area (Å²) in [6.45, 7) is 16.8. The number of ether oxygens (including phenoxy) is 4. The number of anilines is 2. The molecule has 4 aliphatic rings. The second kappa shape index (κ2) is 17.8. The van der Waals surface area contributed by atoms with Crippen LogP contribution in [0.3, 0.4) is 0 Å². The lowest BCUT2D eigenvalue weighted by atomic mass is 9.96. The lowest BCUT2D eigenvalue weighted by molar-refractivity contribution is -0.169. The summed E-state index contributed by atoms with van der Waals surface area (Å²) < 4.78 is 65.0. The molecule has 14 nitrogen and oxygen atoms in total. The topological polar surface area (TPSA) is 147 Å². The number of hydrogen-bond donors (Lipinski definition) is 0. The van der Waals surface area contributed by atoms with Gasteiger partial charge in [0.25, 0.3) is 11.8 Å². The first-order valence-electron chi connectivity index (χ1n) is 20.4. The first-order chi connectivity index (χ1) is 28.8. The lowest BCUT2D eigenvalue weighted by Gasteiger charge is -2.38. The summed E-state index contributed by atoms with van der Waals surface area (Å²) in [4.78, 5) is 22.7. The number of hydrogen-bond acceptors (Lipinski definition) is 14. The average Bonchev–Trinajstić information content (AvgIpc) is 4.06. The molecule has 6 aromatic rings. The summed E-state index contributed by atoms with van der Waals surface area (Å²) in [5.74, 6) is 1.71. The fraction of sp³-hybridized carbons (Fsp3) is 0.511. The van der Waals surface area contributed by atoms with Crippen molar-refractivity contribution in [3.05, 3.63) is 68.7 Å². The van der Waals surface area contributed by atoms with Crippen LogP contribution in [0.2, 0.25) is 0 Å². The predicted octanol–water partition coefficient (Wildman–Crippen LogP) is 9.93. The van der Waals surface area contributed by atoms with Gasteiger partial charge >= 0.3 is 0 Å². The number of halogens is 3. The van der Waals surface area contributed by atoms with Gasteiger partial charge in [0, 0.05) is 67.1 Å². The van der Waals surface area contributed by atoms with E-state index in [0.717, 1.165) is 58.9 Å². The van der Waals surface area contributed by atoms with Crippen molar-refractivity contribution in [1.82, 2.24) is 30.2 Å². The lowest BCUT2D eigenvalue weighted by Crippen LogP contribution is -2.45. The normalized spacial score (nSPS) is 18.1. The molecule has 0 radical (unpaired) electrons. The van der Waals surface area contributed by atoms with E-state index in [0.29, 0.717) is 109 Å². The van der Waals surface area contributed by atoms with Crippen LogP contribution in [0.5, 0.6) is 0 Å². The van der Waals surface area contributed by atoms with Crippen LogP contribution in [-0.2, 0) is 18.9 Å². The van der Waals surface area contributed by atoms with E-state index in [-0.39, 0.29) is 32.4 Å². The summed E-state index contributed by atoms with van der Waals surface area (Å²) in [6, 6.07) is 6.90. The molecule has 332 valence electrons. The Hall–Kier alpha value is -4.68. The molecule has 0 amide bonds. The molecule has 4 aliphatic heterocycles. The van der Waals surface area contributed by atoms with Crippen molar-refractivity contribution in [1.29, 1.82) is 0 Å². The molecule has 0 atom stereocenters. The molecule has 0 bridgehead atoms. The Morgan fingerprint density at radius 3 is 1.39 bits per heavy atom. The smallest absolute Gasteiger partial charge is 0.261 e. The van der Waals surface area contributed by atoms with Gasteiger partial charge in [-0.3, -0.25) is 0 Å². The van der Waals surface area contributed by atoms with Crippen LogP contribution < -0.4 is 9.80 Å². The zero-order valence-corrected chi connectivity index (χ0v) is 36.1. The average molecular weight is 922 g/mol. The SMILES string of the molecule is C.C.Cc1noc(-c2c(N3CCC4(CC3)OCCO4)nc3c(F)cc(Br)cc3c2C)n1.Cc1noc(-c2c(N3CCC4(CC3)OCCO4)nc3c(F)cc(C(C)C)cc3c2C)n1. The first-order valence-corrected chi connectivity index (χ1v) is 21.2. The van der Waals surface area contributed by atoms with E-state index in [1.54, 1.807) is 19.9 Å². The number of nitrogens with zero attached hydrogens (tertiary/aromatic N) is 8. The highest BCUT2D eigenvalue weighted by molar-refractivity contribution is 9.10. The number of benzene rings is 2. The van der Waals surface area contributed by atoms with E-state index in [2.05, 4.69) is 59.9 Å². The molecule has 10 rings (SSSR count). The van der Waals surface area contributed by atoms with Gasteiger partial charge in [0.2, 0.25) is 0 Å². The zero-order chi connectivity index (χ0) is 41.9. The molecule has 4 fully saturated rings. The fourth-order valence-electron chi connectivity index (χ4n) is 8.70. The van der Waals surface area contributed by atoms with Gasteiger partial charge in [0.05, 0.1) is 37.6 Å². The van der Waals surface area contributed by atoms with Gasteiger partial charge in [-0.25, -0.2) is 18.7 Å². The maximum Gasteiger partial charge on any atom is 0.261 e. The number of pyridine rings is 2. The zero-order valence-electron chi connectivity index (χ0n) is 34.5. The Bertz CT molecular complexity index is 2570. The standard InChI is InChI=1S/C23H27FN4O3.C20H20BrFN4O3.2CH4/c1-13(2)16-11-17-14(3)19(22-25-15(4)27-31-22)21(26-20(17)18(24)12-16)28-7-5-23(6-8-28)29-9-10-30-23;1-11-14-9-13(21)10-15(22)17(14)24-18(16(11)19-23-12(2)25-29-19)26-5-3-20(4-6-26)27-7-8-28-20;;/h11-13H,5-10H2,1-4H3;9-10H,3-8H2,1-2H3;2*1H4. The number of rotatable bonds is 5. The number of aryl methyl sites for hydroxylation is 4. The quantitative estimate of drug-likeness (QED) is 0.162. The highest BCUT2D eigenvalue weighted by Crippen LogP contribution is 2.43.